The lowest BCUT2D eigenvalue weighted by Crippen LogP contribution is -2.30. The van der Waals surface area contributed by atoms with Crippen LogP contribution >= 0.6 is 11.8 Å². The first-order chi connectivity index (χ1) is 20.7. The maximum absolute atomic E-state index is 13.2. The van der Waals surface area contributed by atoms with Crippen molar-refractivity contribution in [3.05, 3.63) is 136 Å². The summed E-state index contributed by atoms with van der Waals surface area (Å²) in [6.45, 7) is 0. The number of carboxylic acid groups (broad SMARTS) is 1. The molecule has 0 saturated heterocycles. The van der Waals surface area contributed by atoms with Crippen LogP contribution in [0.3, 0.4) is 0 Å². The Morgan fingerprint density at radius 2 is 1.47 bits per heavy atom. The molecule has 43 heavy (non-hydrogen) atoms. The van der Waals surface area contributed by atoms with Gasteiger partial charge in [0.05, 0.1) is 21.8 Å². The van der Waals surface area contributed by atoms with Crippen LogP contribution in [0.15, 0.2) is 114 Å². The van der Waals surface area contributed by atoms with Gasteiger partial charge in [-0.3, -0.25) is 24.5 Å². The van der Waals surface area contributed by atoms with Gasteiger partial charge in [-0.05, 0) is 66.7 Å². The maximum atomic E-state index is 13.2. The minimum atomic E-state index is -1.10. The van der Waals surface area contributed by atoms with Crippen LogP contribution in [-0.4, -0.2) is 39.5 Å². The van der Waals surface area contributed by atoms with Crippen molar-refractivity contribution in [2.45, 2.75) is 4.90 Å². The number of nitrogens with zero attached hydrogens (tertiary/aromatic N) is 1. The van der Waals surface area contributed by atoms with Gasteiger partial charge in [0, 0.05) is 27.9 Å². The Labute approximate surface area is 249 Å². The quantitative estimate of drug-likeness (QED) is 0.0769. The highest BCUT2D eigenvalue weighted by Gasteiger charge is 2.18. The van der Waals surface area contributed by atoms with Crippen molar-refractivity contribution in [2.24, 2.45) is 0 Å². The summed E-state index contributed by atoms with van der Waals surface area (Å²) in [6, 6.07) is 26.6. The van der Waals surface area contributed by atoms with Crippen LogP contribution in [0.1, 0.15) is 26.3 Å². The van der Waals surface area contributed by atoms with Crippen LogP contribution in [-0.2, 0) is 9.59 Å². The Morgan fingerprint density at radius 3 is 2.16 bits per heavy atom. The molecule has 0 aliphatic heterocycles. The number of amides is 3. The number of carbonyl (C=O) groups excluding carboxylic acids is 3. The minimum Gasteiger partial charge on any atom is -0.478 e. The van der Waals surface area contributed by atoms with E-state index < -0.39 is 22.7 Å². The standard InChI is InChI=1S/C31H24N4O7S/c36-28(32-24-11-6-10-22(17-24)31(39)40)19-43-25-15-13-23(14-16-25)33-30(38)26(34-29(37)20-7-2-1-3-8-20)18-21-9-4-5-12-27(21)35(41)42/h1-18H,19H2,(H,32,36)(H,33,38)(H,34,37)(H,39,40)/b26-18-. The highest BCUT2D eigenvalue weighted by Crippen LogP contribution is 2.23. The molecule has 0 radical (unpaired) electrons. The second-order valence-electron chi connectivity index (χ2n) is 8.90. The molecule has 0 bridgehead atoms. The zero-order valence-electron chi connectivity index (χ0n) is 22.4. The smallest absolute Gasteiger partial charge is 0.335 e. The summed E-state index contributed by atoms with van der Waals surface area (Å²) in [7, 11) is 0. The first kappa shape index (κ1) is 30.2. The number of para-hydroxylation sites is 1. The largest absolute Gasteiger partial charge is 0.478 e. The topological polar surface area (TPSA) is 168 Å². The van der Waals surface area contributed by atoms with Crippen molar-refractivity contribution < 1.29 is 29.2 Å². The van der Waals surface area contributed by atoms with Gasteiger partial charge in [0.25, 0.3) is 17.5 Å². The van der Waals surface area contributed by atoms with Crippen LogP contribution in [0.4, 0.5) is 17.1 Å². The summed E-state index contributed by atoms with van der Waals surface area (Å²) in [5.41, 5.74) is 0.795. The lowest BCUT2D eigenvalue weighted by molar-refractivity contribution is -0.385. The fourth-order valence-corrected chi connectivity index (χ4v) is 4.48. The number of hydrogen-bond donors (Lipinski definition) is 4. The van der Waals surface area contributed by atoms with E-state index in [4.69, 9.17) is 5.11 Å². The highest BCUT2D eigenvalue weighted by molar-refractivity contribution is 8.00. The van der Waals surface area contributed by atoms with Crippen molar-refractivity contribution in [1.29, 1.82) is 0 Å². The Balaban J connectivity index is 1.44. The number of carboxylic acids is 1. The Bertz CT molecular complexity index is 1710. The molecular weight excluding hydrogens is 572 g/mol. The second-order valence-corrected chi connectivity index (χ2v) is 9.94. The monoisotopic (exact) mass is 596 g/mol. The summed E-state index contributed by atoms with van der Waals surface area (Å²) >= 11 is 1.23. The van der Waals surface area contributed by atoms with Crippen molar-refractivity contribution in [1.82, 2.24) is 5.32 Å². The number of aromatic carboxylic acids is 1. The van der Waals surface area contributed by atoms with E-state index in [1.54, 1.807) is 66.7 Å². The molecule has 4 rings (SSSR count). The van der Waals surface area contributed by atoms with Crippen LogP contribution in [0, 0.1) is 10.1 Å². The molecule has 216 valence electrons. The van der Waals surface area contributed by atoms with Crippen LogP contribution in [0.2, 0.25) is 0 Å². The average molecular weight is 597 g/mol. The number of rotatable bonds is 11. The van der Waals surface area contributed by atoms with E-state index in [-0.39, 0.29) is 34.2 Å². The lowest BCUT2D eigenvalue weighted by atomic mass is 10.1. The van der Waals surface area contributed by atoms with E-state index in [0.29, 0.717) is 16.9 Å². The number of anilines is 2. The van der Waals surface area contributed by atoms with Gasteiger partial charge in [-0.15, -0.1) is 11.8 Å². The normalized spacial score (nSPS) is 10.8. The second kappa shape index (κ2) is 14.2. The van der Waals surface area contributed by atoms with Crippen molar-refractivity contribution in [3.8, 4) is 0 Å². The Morgan fingerprint density at radius 1 is 0.791 bits per heavy atom. The molecule has 0 aromatic heterocycles. The van der Waals surface area contributed by atoms with Crippen LogP contribution < -0.4 is 16.0 Å². The minimum absolute atomic E-state index is 0.0528. The summed E-state index contributed by atoms with van der Waals surface area (Å²) in [5.74, 6) is -2.65. The first-order valence-corrected chi connectivity index (χ1v) is 13.7. The predicted molar refractivity (Wildman–Crippen MR) is 163 cm³/mol. The molecule has 0 saturated carbocycles. The molecule has 0 heterocycles. The maximum Gasteiger partial charge on any atom is 0.335 e. The number of benzene rings is 4. The molecule has 12 heteroatoms. The fourth-order valence-electron chi connectivity index (χ4n) is 3.78. The predicted octanol–water partition coefficient (Wildman–Crippen LogP) is 5.43. The third-order valence-electron chi connectivity index (χ3n) is 5.84. The van der Waals surface area contributed by atoms with E-state index in [1.165, 1.54) is 54.2 Å². The molecule has 4 aromatic carbocycles. The molecule has 3 amide bonds. The zero-order valence-corrected chi connectivity index (χ0v) is 23.2. The summed E-state index contributed by atoms with van der Waals surface area (Å²) in [6.07, 6.45) is 1.24. The summed E-state index contributed by atoms with van der Waals surface area (Å²) in [5, 5.41) is 28.5. The average Bonchev–Trinajstić information content (AvgIpc) is 3.01. The van der Waals surface area contributed by atoms with E-state index in [1.807, 2.05) is 0 Å². The molecule has 0 aliphatic carbocycles. The summed E-state index contributed by atoms with van der Waals surface area (Å²) < 4.78 is 0. The molecule has 4 aromatic rings. The van der Waals surface area contributed by atoms with E-state index in [0.717, 1.165) is 4.90 Å². The molecule has 4 N–H and O–H groups in total. The Hall–Kier alpha value is -5.75. The number of hydrogen-bond acceptors (Lipinski definition) is 7. The number of nitro benzene ring substituents is 1. The van der Waals surface area contributed by atoms with Gasteiger partial charge in [0.2, 0.25) is 5.91 Å². The molecule has 0 atom stereocenters. The van der Waals surface area contributed by atoms with Gasteiger partial charge in [-0.1, -0.05) is 36.4 Å². The van der Waals surface area contributed by atoms with E-state index in [2.05, 4.69) is 16.0 Å². The highest BCUT2D eigenvalue weighted by atomic mass is 32.2. The molecule has 0 aliphatic rings. The van der Waals surface area contributed by atoms with Gasteiger partial charge < -0.3 is 21.1 Å². The van der Waals surface area contributed by atoms with E-state index >= 15 is 0 Å². The fraction of sp³-hybridized carbons (Fsp3) is 0.0323. The van der Waals surface area contributed by atoms with Gasteiger partial charge in [0.1, 0.15) is 5.70 Å². The number of carbonyl (C=O) groups is 4. The van der Waals surface area contributed by atoms with Gasteiger partial charge in [-0.25, -0.2) is 4.79 Å². The lowest BCUT2D eigenvalue weighted by Gasteiger charge is -2.12. The molecule has 0 unspecified atom stereocenters. The number of nitrogens with one attached hydrogen (secondary N) is 3. The molecule has 11 nitrogen and oxygen atoms in total. The molecular formula is C31H24N4O7S. The van der Waals surface area contributed by atoms with Gasteiger partial charge in [-0.2, -0.15) is 0 Å². The van der Waals surface area contributed by atoms with Gasteiger partial charge in [0.15, 0.2) is 0 Å². The van der Waals surface area contributed by atoms with Gasteiger partial charge >= 0.3 is 5.97 Å². The SMILES string of the molecule is O=C(CSc1ccc(NC(=O)/C(=C/c2ccccc2[N+](=O)[O-])NC(=O)c2ccccc2)cc1)Nc1cccc(C(=O)O)c1. The number of nitro groups is 1. The molecule has 0 spiro atoms. The third kappa shape index (κ3) is 8.62. The molecule has 0 fully saturated rings. The van der Waals surface area contributed by atoms with Crippen molar-refractivity contribution in [2.75, 3.05) is 16.4 Å². The zero-order chi connectivity index (χ0) is 30.8. The van der Waals surface area contributed by atoms with Crippen LogP contribution in [0.25, 0.3) is 6.08 Å². The van der Waals surface area contributed by atoms with E-state index in [9.17, 15) is 29.3 Å². The first-order valence-electron chi connectivity index (χ1n) is 12.7. The van der Waals surface area contributed by atoms with Crippen LogP contribution in [0.5, 0.6) is 0 Å². The third-order valence-corrected chi connectivity index (χ3v) is 6.85. The van der Waals surface area contributed by atoms with Crippen molar-refractivity contribution >= 4 is 58.6 Å². The summed E-state index contributed by atoms with van der Waals surface area (Å²) in [4.78, 5) is 61.2. The number of thioether (sulfide) groups is 1. The Kier molecular flexibility index (Phi) is 10.0. The van der Waals surface area contributed by atoms with Crippen molar-refractivity contribution in [3.63, 3.8) is 0 Å².